The smallest absolute Gasteiger partial charge is 0.365 e. The minimum absolute atomic E-state index is 0. The molecule has 0 unspecified atom stereocenters. The molecule has 2 aliphatic carbocycles. The Kier molecular flexibility index (Phi) is 62.6. The molecule has 0 heterocycles. The van der Waals surface area contributed by atoms with Crippen LogP contribution in [0.4, 0.5) is 11.4 Å². The molecule has 4 rings (SSSR count). The van der Waals surface area contributed by atoms with Gasteiger partial charge in [0.2, 0.25) is 0 Å². The third-order valence-electron chi connectivity index (χ3n) is 8.97. The van der Waals surface area contributed by atoms with Crippen molar-refractivity contribution in [2.75, 3.05) is 31.7 Å². The van der Waals surface area contributed by atoms with Gasteiger partial charge in [0.05, 0.1) is 5.69 Å². The molecule has 0 bridgehead atoms. The summed E-state index contributed by atoms with van der Waals surface area (Å²) in [5.41, 5.74) is 9.29. The Morgan fingerprint density at radius 2 is 0.616 bits per heavy atom. The Bertz CT molecular complexity index is 1900. The molecule has 2 nitrogen and oxygen atoms in total. The molecule has 1 saturated carbocycles. The third kappa shape index (κ3) is 92.2. The molecule has 1 fully saturated rings. The van der Waals surface area contributed by atoms with Crippen molar-refractivity contribution < 1.29 is 52.4 Å². The van der Waals surface area contributed by atoms with E-state index in [1.165, 1.54) is 64.6 Å². The molecule has 0 aliphatic heterocycles. The van der Waals surface area contributed by atoms with Gasteiger partial charge in [-0.3, -0.25) is 4.74 Å². The number of nitrogens with one attached hydrogen (secondary N) is 1. The van der Waals surface area contributed by atoms with Gasteiger partial charge in [-0.25, -0.2) is 0 Å². The number of hydrogen-bond acceptors (Lipinski definition) is 2. The zero-order valence-corrected chi connectivity index (χ0v) is 79.5. The molecule has 0 amide bonds. The van der Waals surface area contributed by atoms with Crippen LogP contribution in [0.15, 0.2) is 65.4 Å². The standard InChI is InChI=1S/C19H32NP.C19H28NP.C4H12Si.7C4H11Si.CH4.CH3.2Zr/c2*1-14(2)17-12-9-13-18(15(3)4)19(17)20-21(5,6)16-10-7-8-11-16;8*1-5(2,3)4;;;;/h9,12-16H,7-8,10-11H2,1-6H3;7-15,20H,1-6H3;1-4H3;7*1H2,2-4H3;1H4;1H3;;/q;;;7*-1;;-1;2*+4. The number of hydrogen-bond donors (Lipinski definition) is 1. The molecule has 2 aromatic carbocycles. The summed E-state index contributed by atoms with van der Waals surface area (Å²) in [4.78, 5) is 0. The summed E-state index contributed by atoms with van der Waals surface area (Å²) in [6.45, 7) is 111. The van der Waals surface area contributed by atoms with Gasteiger partial charge in [0, 0.05) is 13.8 Å². The van der Waals surface area contributed by atoms with Gasteiger partial charge >= 0.3 is 52.4 Å². The number of anilines is 1. The van der Waals surface area contributed by atoms with E-state index >= 15 is 0 Å². The minimum atomic E-state index is -1.35. The molecule has 0 radical (unpaired) electrons. The Morgan fingerprint density at radius 3 is 0.814 bits per heavy atom. The quantitative estimate of drug-likeness (QED) is 0.159. The van der Waals surface area contributed by atoms with Crippen molar-refractivity contribution >= 4 is 95.4 Å². The van der Waals surface area contributed by atoms with E-state index < -0.39 is 78.7 Å². The van der Waals surface area contributed by atoms with Crippen molar-refractivity contribution in [3.05, 3.63) is 136 Å². The molecule has 14 heteroatoms. The van der Waals surface area contributed by atoms with Gasteiger partial charge in [-0.15, -0.1) is 56.5 Å². The zero-order valence-electron chi connectivity index (χ0n) is 64.8. The summed E-state index contributed by atoms with van der Waals surface area (Å²) in [6, 6.07) is 13.5. The van der Waals surface area contributed by atoms with Crippen molar-refractivity contribution in [1.82, 2.24) is 0 Å². The largest absolute Gasteiger partial charge is 4.00 e. The van der Waals surface area contributed by atoms with Gasteiger partial charge < -0.3 is 58.3 Å². The molecule has 0 atom stereocenters. The molecular formula is C72H156N2P2Si8Zr2. The van der Waals surface area contributed by atoms with Gasteiger partial charge in [0.15, 0.2) is 0 Å². The van der Waals surface area contributed by atoms with Crippen molar-refractivity contribution in [3.8, 4) is 0 Å². The molecule has 504 valence electrons. The first-order valence-corrected chi connectivity index (χ1v) is 66.6. The van der Waals surface area contributed by atoms with Crippen LogP contribution < -0.4 is 5.09 Å². The average Bonchev–Trinajstić information content (AvgIpc) is 3.90. The molecule has 0 saturated heterocycles. The average molecular weight is 1520 g/mol. The van der Waals surface area contributed by atoms with Crippen LogP contribution in [0.25, 0.3) is 0 Å². The number of nitrogens with zero attached hydrogens (tertiary/aromatic N) is 1. The van der Waals surface area contributed by atoms with Gasteiger partial charge in [-0.1, -0.05) is 300 Å². The molecule has 0 aromatic heterocycles. The van der Waals surface area contributed by atoms with E-state index in [1.54, 1.807) is 0 Å². The predicted molar refractivity (Wildman–Crippen MR) is 441 cm³/mol. The Hall–Kier alpha value is 1.75. The van der Waals surface area contributed by atoms with Crippen LogP contribution in [0.1, 0.15) is 134 Å². The van der Waals surface area contributed by atoms with Gasteiger partial charge in [0.25, 0.3) is 0 Å². The first-order valence-electron chi connectivity index (χ1n) is 31.3. The molecule has 2 aliphatic rings. The van der Waals surface area contributed by atoms with E-state index in [0.717, 1.165) is 5.66 Å². The van der Waals surface area contributed by atoms with E-state index in [-0.39, 0.29) is 67.3 Å². The summed E-state index contributed by atoms with van der Waals surface area (Å²) < 4.78 is 5.43. The van der Waals surface area contributed by atoms with E-state index in [2.05, 4.69) is 357 Å². The fourth-order valence-electron chi connectivity index (χ4n) is 6.26. The topological polar surface area (TPSA) is 24.4 Å². The third-order valence-corrected chi connectivity index (χ3v) is 14.4. The zero-order chi connectivity index (χ0) is 67.2. The summed E-state index contributed by atoms with van der Waals surface area (Å²) in [7, 11) is -9.21. The maximum atomic E-state index is 5.43. The van der Waals surface area contributed by atoms with E-state index in [1.807, 2.05) is 0 Å². The molecular weight excluding hydrogens is 1360 g/mol. The molecule has 1 N–H and O–H groups in total. The molecule has 2 aromatic rings. The summed E-state index contributed by atoms with van der Waals surface area (Å²) in [5, 5.41) is 5.37. The predicted octanol–water partition coefficient (Wildman–Crippen LogP) is 27.7. The first-order chi connectivity index (χ1) is 35.7. The maximum Gasteiger partial charge on any atom is 4.00 e. The van der Waals surface area contributed by atoms with Gasteiger partial charge in [-0.2, -0.15) is 0 Å². The number of para-hydroxylation sites is 1. The fourth-order valence-corrected chi connectivity index (χ4v) is 10.7. The summed E-state index contributed by atoms with van der Waals surface area (Å²) in [5.74, 6) is 2.16. The normalized spacial score (nSPS) is 13.3. The molecule has 0 spiro atoms. The van der Waals surface area contributed by atoms with Gasteiger partial charge in [-0.05, 0) is 110 Å². The SMILES string of the molecule is C.CC(C)c1cccc(C(C)C)c1N=P(C)(C)C1CCCC1.CC(C)c1cccc(C(C)C)c1NP(C)(C)=C1C=CC=C1.C[Si](C)(C)C.[CH2-][Si](C)(C)C.[CH2-][Si](C)(C)C.[CH2-][Si](C)(C)C.[CH2-][Si](C)(C)C.[CH2-][Si](C)(C)C.[CH2-][Si](C)(C)C.[CH2-][Si](C)(C)C.[CH3-].[Zr+4].[Zr+4]. The minimum Gasteiger partial charge on any atom is -0.365 e. The van der Waals surface area contributed by atoms with Crippen LogP contribution in [0.5, 0.6) is 0 Å². The first kappa shape index (κ1) is 109. The number of allylic oxidation sites excluding steroid dienone is 4. The van der Waals surface area contributed by atoms with E-state index in [9.17, 15) is 0 Å². The second-order valence-corrected chi connectivity index (χ2v) is 84.8. The van der Waals surface area contributed by atoms with Crippen molar-refractivity contribution in [2.24, 2.45) is 4.74 Å². The Morgan fingerprint density at radius 1 is 0.419 bits per heavy atom. The van der Waals surface area contributed by atoms with Gasteiger partial charge in [0.1, 0.15) is 0 Å². The fraction of sp³-hybridized carbons (Fsp3) is 0.653. The van der Waals surface area contributed by atoms with Crippen LogP contribution in [0.3, 0.4) is 0 Å². The molecule has 86 heavy (non-hydrogen) atoms. The van der Waals surface area contributed by atoms with Crippen molar-refractivity contribution in [2.45, 2.75) is 282 Å². The second kappa shape index (κ2) is 49.3. The van der Waals surface area contributed by atoms with Crippen LogP contribution in [0, 0.1) is 53.3 Å². The van der Waals surface area contributed by atoms with Crippen molar-refractivity contribution in [3.63, 3.8) is 0 Å². The van der Waals surface area contributed by atoms with Crippen molar-refractivity contribution in [1.29, 1.82) is 0 Å². The van der Waals surface area contributed by atoms with Crippen LogP contribution in [0.2, 0.25) is 164 Å². The second-order valence-electron chi connectivity index (χ2n) is 35.4. The number of rotatable bonds is 8. The summed E-state index contributed by atoms with van der Waals surface area (Å²) in [6.07, 6.45) is 14.4. The van der Waals surface area contributed by atoms with E-state index in [4.69, 9.17) is 4.74 Å². The number of benzene rings is 2. The Balaban J connectivity index is -0.000000102. The monoisotopic (exact) mass is 1510 g/mol. The van der Waals surface area contributed by atoms with Crippen LogP contribution >= 0.6 is 14.1 Å². The van der Waals surface area contributed by atoms with E-state index in [0.29, 0.717) is 23.7 Å². The van der Waals surface area contributed by atoms with Crippen LogP contribution in [-0.4, -0.2) is 102 Å². The summed E-state index contributed by atoms with van der Waals surface area (Å²) >= 11 is 0. The maximum absolute atomic E-state index is 5.43. The van der Waals surface area contributed by atoms with Crippen LogP contribution in [-0.2, 0) is 52.4 Å². The Labute approximate surface area is 596 Å².